The monoisotopic (exact) mass is 487 g/mol. The van der Waals surface area contributed by atoms with E-state index in [1.807, 2.05) is 48.9 Å². The molecule has 3 aromatic rings. The molecule has 3 rings (SSSR count). The molecule has 0 spiro atoms. The SMILES string of the molecule is CC(C)n1nc(-c2ccccc2)c(-c2ccc(F)cc2)c1CCCO[P+](=O)CC(O)CC(=O)O. The number of aromatic nitrogens is 2. The van der Waals surface area contributed by atoms with Crippen LogP contribution in [0.4, 0.5) is 4.39 Å². The maximum atomic E-state index is 13.6. The summed E-state index contributed by atoms with van der Waals surface area (Å²) in [6, 6.07) is 16.2. The molecule has 180 valence electrons. The molecule has 0 amide bonds. The van der Waals surface area contributed by atoms with Gasteiger partial charge in [0.2, 0.25) is 6.16 Å². The van der Waals surface area contributed by atoms with E-state index < -0.39 is 26.5 Å². The maximum Gasteiger partial charge on any atom is 0.510 e. The van der Waals surface area contributed by atoms with Crippen molar-refractivity contribution in [2.24, 2.45) is 0 Å². The van der Waals surface area contributed by atoms with Gasteiger partial charge in [-0.1, -0.05) is 42.5 Å². The molecule has 0 radical (unpaired) electrons. The lowest BCUT2D eigenvalue weighted by Crippen LogP contribution is -2.15. The van der Waals surface area contributed by atoms with Crippen LogP contribution >= 0.6 is 8.03 Å². The first-order valence-electron chi connectivity index (χ1n) is 11.2. The summed E-state index contributed by atoms with van der Waals surface area (Å²) in [5.41, 5.74) is 4.49. The van der Waals surface area contributed by atoms with Crippen LogP contribution in [0.3, 0.4) is 0 Å². The lowest BCUT2D eigenvalue weighted by atomic mass is 9.97. The third kappa shape index (κ3) is 6.79. The van der Waals surface area contributed by atoms with Gasteiger partial charge in [-0.3, -0.25) is 9.48 Å². The van der Waals surface area contributed by atoms with Crippen LogP contribution in [0.25, 0.3) is 22.4 Å². The van der Waals surface area contributed by atoms with Gasteiger partial charge in [0.1, 0.15) is 24.2 Å². The number of carboxylic acids is 1. The Balaban J connectivity index is 1.83. The zero-order chi connectivity index (χ0) is 24.7. The van der Waals surface area contributed by atoms with Gasteiger partial charge in [-0.25, -0.2) is 4.39 Å². The standard InChI is InChI=1S/C25H28FN2O5P/c1-17(2)28-22(9-6-14-33-34(32)16-21(29)15-23(30)31)24(18-10-12-20(26)13-11-18)25(27-28)19-7-4-3-5-8-19/h3-5,7-8,10-13,17,21,29H,6,9,14-16H2,1-2H3/p+1. The molecular formula is C25H29FN2O5P+. The summed E-state index contributed by atoms with van der Waals surface area (Å²) in [6.07, 6.45) is -0.782. The minimum atomic E-state index is -2.16. The Morgan fingerprint density at radius 3 is 2.41 bits per heavy atom. The number of carbonyl (C=O) groups is 1. The van der Waals surface area contributed by atoms with Crippen molar-refractivity contribution in [3.8, 4) is 22.4 Å². The van der Waals surface area contributed by atoms with Gasteiger partial charge in [-0.2, -0.15) is 5.10 Å². The molecule has 0 saturated carbocycles. The third-order valence-corrected chi connectivity index (χ3v) is 6.43. The molecule has 2 unspecified atom stereocenters. The van der Waals surface area contributed by atoms with Crippen molar-refractivity contribution in [1.82, 2.24) is 9.78 Å². The second-order valence-corrected chi connectivity index (χ2v) is 9.57. The fourth-order valence-electron chi connectivity index (χ4n) is 3.75. The Hall–Kier alpha value is -2.93. The highest BCUT2D eigenvalue weighted by Crippen LogP contribution is 2.37. The number of carboxylic acid groups (broad SMARTS) is 1. The van der Waals surface area contributed by atoms with Crippen LogP contribution in [-0.4, -0.2) is 44.8 Å². The van der Waals surface area contributed by atoms with Crippen LogP contribution in [0.5, 0.6) is 0 Å². The van der Waals surface area contributed by atoms with E-state index in [-0.39, 0.29) is 24.6 Å². The van der Waals surface area contributed by atoms with Crippen molar-refractivity contribution in [2.75, 3.05) is 12.8 Å². The van der Waals surface area contributed by atoms with Crippen molar-refractivity contribution in [1.29, 1.82) is 0 Å². The summed E-state index contributed by atoms with van der Waals surface area (Å²) in [5.74, 6) is -1.47. The Kier molecular flexibility index (Phi) is 9.05. The second-order valence-electron chi connectivity index (χ2n) is 8.29. The largest absolute Gasteiger partial charge is 0.510 e. The molecule has 1 aromatic heterocycles. The van der Waals surface area contributed by atoms with Crippen molar-refractivity contribution >= 4 is 14.0 Å². The molecule has 0 aliphatic carbocycles. The van der Waals surface area contributed by atoms with E-state index in [9.17, 15) is 18.9 Å². The fourth-order valence-corrected chi connectivity index (χ4v) is 4.66. The number of hydrogen-bond acceptors (Lipinski definition) is 5. The molecule has 0 fully saturated rings. The molecule has 2 atom stereocenters. The Labute approximate surface area is 199 Å². The summed E-state index contributed by atoms with van der Waals surface area (Å²) < 4.78 is 33.0. The second kappa shape index (κ2) is 12.0. The smallest absolute Gasteiger partial charge is 0.481 e. The van der Waals surface area contributed by atoms with Gasteiger partial charge in [0.05, 0.1) is 6.42 Å². The fraction of sp³-hybridized carbons (Fsp3) is 0.360. The average molecular weight is 487 g/mol. The van der Waals surface area contributed by atoms with Crippen molar-refractivity contribution < 1.29 is 28.5 Å². The zero-order valence-corrected chi connectivity index (χ0v) is 20.1. The third-order valence-electron chi connectivity index (χ3n) is 5.24. The van der Waals surface area contributed by atoms with Gasteiger partial charge in [-0.15, -0.1) is 4.52 Å². The number of nitrogens with zero attached hydrogens (tertiary/aromatic N) is 2. The topological polar surface area (TPSA) is 102 Å². The number of aliphatic hydroxyl groups excluding tert-OH is 1. The first-order chi connectivity index (χ1) is 16.3. The van der Waals surface area contributed by atoms with E-state index >= 15 is 0 Å². The normalized spacial score (nSPS) is 12.7. The number of rotatable bonds is 12. The summed E-state index contributed by atoms with van der Waals surface area (Å²) in [7, 11) is -2.16. The first-order valence-corrected chi connectivity index (χ1v) is 12.5. The molecule has 2 aromatic carbocycles. The predicted octanol–water partition coefficient (Wildman–Crippen LogP) is 5.46. The maximum absolute atomic E-state index is 13.6. The average Bonchev–Trinajstić information content (AvgIpc) is 3.17. The molecular weight excluding hydrogens is 458 g/mol. The zero-order valence-electron chi connectivity index (χ0n) is 19.2. The number of aliphatic carboxylic acids is 1. The molecule has 0 bridgehead atoms. The van der Waals surface area contributed by atoms with Crippen LogP contribution in [0.2, 0.25) is 0 Å². The Morgan fingerprint density at radius 1 is 1.12 bits per heavy atom. The van der Waals surface area contributed by atoms with E-state index in [0.717, 1.165) is 28.1 Å². The van der Waals surface area contributed by atoms with Gasteiger partial charge in [-0.05, 0) is 49.0 Å². The number of aliphatic hydroxyl groups is 1. The molecule has 0 saturated heterocycles. The lowest BCUT2D eigenvalue weighted by molar-refractivity contribution is -0.138. The molecule has 9 heteroatoms. The van der Waals surface area contributed by atoms with E-state index in [2.05, 4.69) is 0 Å². The van der Waals surface area contributed by atoms with Gasteiger partial charge < -0.3 is 10.2 Å². The minimum Gasteiger partial charge on any atom is -0.481 e. The van der Waals surface area contributed by atoms with Crippen LogP contribution in [-0.2, 0) is 20.3 Å². The minimum absolute atomic E-state index is 0.0791. The predicted molar refractivity (Wildman–Crippen MR) is 128 cm³/mol. The van der Waals surface area contributed by atoms with E-state index in [4.69, 9.17) is 14.7 Å². The van der Waals surface area contributed by atoms with Crippen molar-refractivity contribution in [3.63, 3.8) is 0 Å². The molecule has 7 nitrogen and oxygen atoms in total. The molecule has 1 heterocycles. The Morgan fingerprint density at radius 2 is 1.79 bits per heavy atom. The molecule has 2 N–H and O–H groups in total. The van der Waals surface area contributed by atoms with Gasteiger partial charge in [0, 0.05) is 22.9 Å². The van der Waals surface area contributed by atoms with E-state index in [1.165, 1.54) is 12.1 Å². The summed E-state index contributed by atoms with van der Waals surface area (Å²) >= 11 is 0. The summed E-state index contributed by atoms with van der Waals surface area (Å²) in [6.45, 7) is 4.26. The van der Waals surface area contributed by atoms with Gasteiger partial charge in [0.25, 0.3) is 0 Å². The van der Waals surface area contributed by atoms with Crippen LogP contribution in [0.1, 0.15) is 38.4 Å². The van der Waals surface area contributed by atoms with E-state index in [1.54, 1.807) is 12.1 Å². The highest BCUT2D eigenvalue weighted by Gasteiger charge is 2.26. The quantitative estimate of drug-likeness (QED) is 0.260. The van der Waals surface area contributed by atoms with Crippen molar-refractivity contribution in [2.45, 2.75) is 45.3 Å². The number of halogens is 1. The van der Waals surface area contributed by atoms with Crippen molar-refractivity contribution in [3.05, 3.63) is 66.1 Å². The number of benzene rings is 2. The van der Waals surface area contributed by atoms with Gasteiger partial charge in [0.15, 0.2) is 0 Å². The highest BCUT2D eigenvalue weighted by atomic mass is 31.1. The van der Waals surface area contributed by atoms with E-state index in [0.29, 0.717) is 12.8 Å². The Bertz CT molecular complexity index is 1120. The van der Waals surface area contributed by atoms with Crippen LogP contribution in [0, 0.1) is 5.82 Å². The molecule has 34 heavy (non-hydrogen) atoms. The summed E-state index contributed by atoms with van der Waals surface area (Å²) in [5, 5.41) is 23.2. The molecule has 0 aliphatic rings. The van der Waals surface area contributed by atoms with Crippen LogP contribution in [0.15, 0.2) is 54.6 Å². The van der Waals surface area contributed by atoms with Gasteiger partial charge >= 0.3 is 14.0 Å². The lowest BCUT2D eigenvalue weighted by Gasteiger charge is -2.12. The summed E-state index contributed by atoms with van der Waals surface area (Å²) in [4.78, 5) is 10.6. The number of hydrogen-bond donors (Lipinski definition) is 2. The highest BCUT2D eigenvalue weighted by molar-refractivity contribution is 7.39. The molecule has 0 aliphatic heterocycles. The first kappa shape index (κ1) is 25.7. The van der Waals surface area contributed by atoms with Crippen LogP contribution < -0.4 is 0 Å².